The van der Waals surface area contributed by atoms with Gasteiger partial charge in [0.15, 0.2) is 0 Å². The second-order valence-electron chi connectivity index (χ2n) is 1.96. The molecule has 0 bridgehead atoms. The molecule has 0 saturated carbocycles. The molecule has 0 aliphatic carbocycles. The zero-order chi connectivity index (χ0) is 6.91. The average molecular weight is 160 g/mol. The minimum atomic E-state index is -1.95. The Hall–Kier alpha value is -0.280. The molecule has 50 valence electrons. The predicted molar refractivity (Wildman–Crippen MR) is 43.8 cm³/mol. The second kappa shape index (κ2) is 2.15. The molecule has 0 aliphatic rings. The Morgan fingerprint density at radius 2 is 2.44 bits per heavy atom. The highest BCUT2D eigenvalue weighted by molar-refractivity contribution is 7.99. The molecule has 9 heavy (non-hydrogen) atoms. The Morgan fingerprint density at radius 1 is 1.78 bits per heavy atom. The monoisotopic (exact) mass is 160 g/mol. The number of hydrogen-bond donors (Lipinski definition) is 0. The fourth-order valence-electron chi connectivity index (χ4n) is 0.498. The van der Waals surface area contributed by atoms with Gasteiger partial charge in [0.2, 0.25) is 0 Å². The maximum atomic E-state index is 11.1. The van der Waals surface area contributed by atoms with Gasteiger partial charge in [-0.3, -0.25) is 4.21 Å². The molecule has 0 saturated heterocycles. The van der Waals surface area contributed by atoms with E-state index in [1.165, 1.54) is 0 Å². The van der Waals surface area contributed by atoms with Gasteiger partial charge in [0.25, 0.3) is 0 Å². The first-order valence-corrected chi connectivity index (χ1v) is 5.53. The van der Waals surface area contributed by atoms with Crippen molar-refractivity contribution in [3.8, 4) is 0 Å². The summed E-state index contributed by atoms with van der Waals surface area (Å²) in [6, 6.07) is 1.85. The first-order valence-electron chi connectivity index (χ1n) is 2.45. The lowest BCUT2D eigenvalue weighted by Gasteiger charge is -1.93. The summed E-state index contributed by atoms with van der Waals surface area (Å²) >= 11 is 1.55. The second-order valence-corrected chi connectivity index (χ2v) is 5.23. The molecule has 0 spiro atoms. The summed E-state index contributed by atoms with van der Waals surface area (Å²) in [6.07, 6.45) is 1.65. The lowest BCUT2D eigenvalue weighted by molar-refractivity contribution is 0.685. The van der Waals surface area contributed by atoms with E-state index in [-0.39, 0.29) is 0 Å². The van der Waals surface area contributed by atoms with Gasteiger partial charge >= 0.3 is 0 Å². The van der Waals surface area contributed by atoms with Crippen molar-refractivity contribution in [2.75, 3.05) is 6.26 Å². The summed E-state index contributed by atoms with van der Waals surface area (Å²) in [4.78, 5) is 0.854. The molecule has 0 radical (unpaired) electrons. The highest BCUT2D eigenvalue weighted by Gasteiger charge is 1.97. The van der Waals surface area contributed by atoms with Crippen LogP contribution in [0.5, 0.6) is 0 Å². The van der Waals surface area contributed by atoms with E-state index >= 15 is 0 Å². The Balaban J connectivity index is 3.20. The van der Waals surface area contributed by atoms with Crippen molar-refractivity contribution in [2.24, 2.45) is 0 Å². The van der Waals surface area contributed by atoms with Gasteiger partial charge in [0.1, 0.15) is 0 Å². The highest BCUT2D eigenvalue weighted by atomic mass is 32.2. The van der Waals surface area contributed by atoms with E-state index in [1.54, 1.807) is 17.6 Å². The highest BCUT2D eigenvalue weighted by Crippen LogP contribution is 2.11. The summed E-state index contributed by atoms with van der Waals surface area (Å²) in [6.45, 7) is 0. The van der Waals surface area contributed by atoms with Crippen LogP contribution in [0.15, 0.2) is 21.7 Å². The van der Waals surface area contributed by atoms with Gasteiger partial charge in [-0.15, -0.1) is 0 Å². The van der Waals surface area contributed by atoms with Gasteiger partial charge in [-0.25, -0.2) is 0 Å². The molecule has 1 rings (SSSR count). The molecule has 1 heterocycles. The molecule has 1 aromatic rings. The van der Waals surface area contributed by atoms with Gasteiger partial charge in [0, 0.05) is 16.5 Å². The molecule has 0 aliphatic heterocycles. The lowest BCUT2D eigenvalue weighted by atomic mass is 10.7. The van der Waals surface area contributed by atoms with Crippen LogP contribution in [0.1, 0.15) is 0 Å². The first kappa shape index (κ1) is 6.83. The van der Waals surface area contributed by atoms with Crippen LogP contribution >= 0.6 is 11.3 Å². The third-order valence-corrected chi connectivity index (χ3v) is 3.08. The molecule has 1 atom stereocenters. The van der Waals surface area contributed by atoms with Crippen LogP contribution in [-0.2, 0) is 9.52 Å². The van der Waals surface area contributed by atoms with Gasteiger partial charge < -0.3 is 0 Å². The van der Waals surface area contributed by atoms with E-state index in [0.29, 0.717) is 0 Å². The van der Waals surface area contributed by atoms with Crippen molar-refractivity contribution in [3.63, 3.8) is 0 Å². The SMILES string of the molecule is C=S(C)(=O)c1ccsc1. The van der Waals surface area contributed by atoms with Crippen molar-refractivity contribution in [2.45, 2.75) is 4.90 Å². The number of rotatable bonds is 1. The van der Waals surface area contributed by atoms with E-state index in [4.69, 9.17) is 0 Å². The van der Waals surface area contributed by atoms with Crippen molar-refractivity contribution >= 4 is 26.7 Å². The minimum absolute atomic E-state index is 0.854. The molecule has 1 aromatic heterocycles. The Labute approximate surface area is 59.3 Å². The maximum absolute atomic E-state index is 11.1. The van der Waals surface area contributed by atoms with Gasteiger partial charge in [-0.1, -0.05) is 0 Å². The quantitative estimate of drug-likeness (QED) is 0.568. The van der Waals surface area contributed by atoms with E-state index in [1.807, 2.05) is 16.8 Å². The van der Waals surface area contributed by atoms with Gasteiger partial charge in [-0.05, 0) is 26.8 Å². The van der Waals surface area contributed by atoms with Crippen LogP contribution in [0.4, 0.5) is 0 Å². The molecule has 0 aromatic carbocycles. The average Bonchev–Trinajstić information content (AvgIpc) is 2.08. The molecule has 1 unspecified atom stereocenters. The van der Waals surface area contributed by atoms with Crippen molar-refractivity contribution in [3.05, 3.63) is 16.8 Å². The van der Waals surface area contributed by atoms with Crippen LogP contribution in [-0.4, -0.2) is 16.3 Å². The summed E-state index contributed by atoms with van der Waals surface area (Å²) in [5, 5.41) is 3.78. The number of hydrogen-bond acceptors (Lipinski definition) is 2. The Kier molecular flexibility index (Phi) is 1.64. The number of thiophene rings is 1. The standard InChI is InChI=1S/C6H8OS2/c1-9(2,7)6-3-4-8-5-6/h3-5H,1H2,2H3. The van der Waals surface area contributed by atoms with Gasteiger partial charge in [-0.2, -0.15) is 11.3 Å². The molecule has 0 amide bonds. The van der Waals surface area contributed by atoms with Crippen molar-refractivity contribution in [1.29, 1.82) is 0 Å². The maximum Gasteiger partial charge on any atom is 0.0409 e. The largest absolute Gasteiger partial charge is 0.263 e. The molecule has 1 nitrogen and oxygen atoms in total. The van der Waals surface area contributed by atoms with Crippen LogP contribution in [0.2, 0.25) is 0 Å². The Morgan fingerprint density at radius 3 is 2.67 bits per heavy atom. The fourth-order valence-corrected chi connectivity index (χ4v) is 2.44. The van der Waals surface area contributed by atoms with E-state index in [0.717, 1.165) is 4.90 Å². The zero-order valence-corrected chi connectivity index (χ0v) is 6.80. The first-order chi connectivity index (χ1) is 4.11. The van der Waals surface area contributed by atoms with E-state index < -0.39 is 9.52 Å². The summed E-state index contributed by atoms with van der Waals surface area (Å²) in [5.74, 6) is 3.55. The van der Waals surface area contributed by atoms with Crippen LogP contribution < -0.4 is 0 Å². The normalized spacial score (nSPS) is 17.0. The minimum Gasteiger partial charge on any atom is -0.263 e. The molecular formula is C6H8OS2. The summed E-state index contributed by atoms with van der Waals surface area (Å²) < 4.78 is 11.1. The van der Waals surface area contributed by atoms with Crippen LogP contribution in [0.3, 0.4) is 0 Å². The molecule has 0 fully saturated rings. The molecular weight excluding hydrogens is 152 g/mol. The zero-order valence-electron chi connectivity index (χ0n) is 5.16. The summed E-state index contributed by atoms with van der Waals surface area (Å²) in [7, 11) is -1.95. The van der Waals surface area contributed by atoms with Crippen LogP contribution in [0, 0.1) is 0 Å². The third-order valence-electron chi connectivity index (χ3n) is 0.994. The molecule has 0 N–H and O–H groups in total. The Bertz CT molecular complexity index is 268. The predicted octanol–water partition coefficient (Wildman–Crippen LogP) is 1.45. The van der Waals surface area contributed by atoms with Gasteiger partial charge in [0.05, 0.1) is 0 Å². The lowest BCUT2D eigenvalue weighted by Crippen LogP contribution is -1.92. The van der Waals surface area contributed by atoms with Crippen molar-refractivity contribution in [1.82, 2.24) is 0 Å². The summed E-state index contributed by atoms with van der Waals surface area (Å²) in [5.41, 5.74) is 0. The van der Waals surface area contributed by atoms with Crippen molar-refractivity contribution < 1.29 is 4.21 Å². The smallest absolute Gasteiger partial charge is 0.0409 e. The topological polar surface area (TPSA) is 17.1 Å². The third kappa shape index (κ3) is 1.56. The van der Waals surface area contributed by atoms with E-state index in [2.05, 4.69) is 5.87 Å². The molecule has 3 heteroatoms. The fraction of sp³-hybridized carbons (Fsp3) is 0.167. The van der Waals surface area contributed by atoms with E-state index in [9.17, 15) is 4.21 Å². The van der Waals surface area contributed by atoms with Crippen LogP contribution in [0.25, 0.3) is 0 Å².